The van der Waals surface area contributed by atoms with Crippen molar-refractivity contribution in [2.24, 2.45) is 0 Å². The second-order valence-corrected chi connectivity index (χ2v) is 7.23. The van der Waals surface area contributed by atoms with Gasteiger partial charge in [-0.3, -0.25) is 4.79 Å². The Bertz CT molecular complexity index is 643. The molecule has 0 spiro atoms. The van der Waals surface area contributed by atoms with E-state index in [4.69, 9.17) is 14.2 Å². The third-order valence-electron chi connectivity index (χ3n) is 4.27. The van der Waals surface area contributed by atoms with Gasteiger partial charge in [0.2, 0.25) is 0 Å². The Morgan fingerprint density at radius 1 is 1.31 bits per heavy atom. The summed E-state index contributed by atoms with van der Waals surface area (Å²) in [6.07, 6.45) is 4.21. The highest BCUT2D eigenvalue weighted by Crippen LogP contribution is 2.37. The number of hydrogen-bond acceptors (Lipinski definition) is 5. The first kappa shape index (κ1) is 20.6. The van der Waals surface area contributed by atoms with Gasteiger partial charge >= 0.3 is 5.97 Å². The molecule has 6 nitrogen and oxygen atoms in total. The summed E-state index contributed by atoms with van der Waals surface area (Å²) >= 11 is 3.40. The van der Waals surface area contributed by atoms with Crippen LogP contribution in [0.4, 0.5) is 0 Å². The van der Waals surface area contributed by atoms with Gasteiger partial charge < -0.3 is 19.5 Å². The lowest BCUT2D eigenvalue weighted by Crippen LogP contribution is -2.40. The van der Waals surface area contributed by atoms with Crippen LogP contribution in [-0.2, 0) is 9.53 Å². The fourth-order valence-corrected chi connectivity index (χ4v) is 3.41. The molecule has 0 aromatic heterocycles. The molecule has 1 unspecified atom stereocenters. The van der Waals surface area contributed by atoms with Crippen molar-refractivity contribution in [2.45, 2.75) is 58.1 Å². The predicted octanol–water partition coefficient (Wildman–Crippen LogP) is 3.85. The number of benzene rings is 1. The van der Waals surface area contributed by atoms with Gasteiger partial charge in [0.15, 0.2) is 17.6 Å². The molecule has 1 fully saturated rings. The van der Waals surface area contributed by atoms with Crippen molar-refractivity contribution < 1.29 is 23.8 Å². The van der Waals surface area contributed by atoms with Crippen LogP contribution in [0.15, 0.2) is 16.6 Å². The number of rotatable bonds is 8. The predicted molar refractivity (Wildman–Crippen MR) is 102 cm³/mol. The van der Waals surface area contributed by atoms with Crippen LogP contribution in [0.3, 0.4) is 0 Å². The number of hydrogen-bond donors (Lipinski definition) is 1. The molecular formula is C19H26BrNO5. The molecule has 7 heteroatoms. The first-order valence-electron chi connectivity index (χ1n) is 8.98. The standard InChI is InChI=1S/C19H26BrNO5/c1-4-9-25-17-15(20)10-13(11-16(17)24-3)19(23)26-12(2)18(22)21-14-7-5-6-8-14/h10-12,14H,4-9H2,1-3H3,(H,21,22). The molecule has 0 heterocycles. The molecule has 1 atom stereocenters. The molecule has 0 saturated heterocycles. The lowest BCUT2D eigenvalue weighted by molar-refractivity contribution is -0.129. The van der Waals surface area contributed by atoms with E-state index in [1.807, 2.05) is 6.92 Å². The highest BCUT2D eigenvalue weighted by molar-refractivity contribution is 9.10. The van der Waals surface area contributed by atoms with E-state index in [-0.39, 0.29) is 17.5 Å². The fraction of sp³-hybridized carbons (Fsp3) is 0.579. The molecule has 144 valence electrons. The van der Waals surface area contributed by atoms with E-state index in [0.717, 1.165) is 32.1 Å². The third-order valence-corrected chi connectivity index (χ3v) is 4.86. The number of carbonyl (C=O) groups excluding carboxylic acids is 2. The zero-order chi connectivity index (χ0) is 19.1. The smallest absolute Gasteiger partial charge is 0.339 e. The van der Waals surface area contributed by atoms with Crippen molar-refractivity contribution in [3.63, 3.8) is 0 Å². The zero-order valence-electron chi connectivity index (χ0n) is 15.5. The molecule has 2 rings (SSSR count). The molecule has 1 aliphatic rings. The van der Waals surface area contributed by atoms with E-state index >= 15 is 0 Å². The number of ether oxygens (including phenoxy) is 3. The molecule has 0 radical (unpaired) electrons. The monoisotopic (exact) mass is 427 g/mol. The van der Waals surface area contributed by atoms with Gasteiger partial charge in [-0.2, -0.15) is 0 Å². The van der Waals surface area contributed by atoms with Crippen molar-refractivity contribution >= 4 is 27.8 Å². The number of halogens is 1. The van der Waals surface area contributed by atoms with Crippen molar-refractivity contribution in [3.8, 4) is 11.5 Å². The number of carbonyl (C=O) groups is 2. The van der Waals surface area contributed by atoms with E-state index in [0.29, 0.717) is 22.6 Å². The Morgan fingerprint density at radius 2 is 2.00 bits per heavy atom. The summed E-state index contributed by atoms with van der Waals surface area (Å²) in [7, 11) is 1.51. The zero-order valence-corrected chi connectivity index (χ0v) is 17.1. The molecular weight excluding hydrogens is 402 g/mol. The summed E-state index contributed by atoms with van der Waals surface area (Å²) in [5.74, 6) is 0.125. The van der Waals surface area contributed by atoms with E-state index in [1.54, 1.807) is 19.1 Å². The van der Waals surface area contributed by atoms with Gasteiger partial charge in [-0.15, -0.1) is 0 Å². The molecule has 26 heavy (non-hydrogen) atoms. The lowest BCUT2D eigenvalue weighted by Gasteiger charge is -2.18. The Morgan fingerprint density at radius 3 is 2.62 bits per heavy atom. The summed E-state index contributed by atoms with van der Waals surface area (Å²) in [6.45, 7) is 4.12. The van der Waals surface area contributed by atoms with Crippen LogP contribution in [0.2, 0.25) is 0 Å². The lowest BCUT2D eigenvalue weighted by atomic mass is 10.2. The van der Waals surface area contributed by atoms with Crippen LogP contribution < -0.4 is 14.8 Å². The average Bonchev–Trinajstić information content (AvgIpc) is 3.12. The quantitative estimate of drug-likeness (QED) is 0.637. The summed E-state index contributed by atoms with van der Waals surface area (Å²) in [5.41, 5.74) is 0.290. The van der Waals surface area contributed by atoms with Crippen LogP contribution in [0.25, 0.3) is 0 Å². The van der Waals surface area contributed by atoms with E-state index in [1.165, 1.54) is 7.11 Å². The first-order chi connectivity index (χ1) is 12.5. The maximum Gasteiger partial charge on any atom is 0.339 e. The minimum atomic E-state index is -0.858. The Balaban J connectivity index is 2.03. The minimum absolute atomic E-state index is 0.188. The van der Waals surface area contributed by atoms with Crippen LogP contribution in [0.5, 0.6) is 11.5 Å². The van der Waals surface area contributed by atoms with E-state index in [2.05, 4.69) is 21.2 Å². The number of methoxy groups -OCH3 is 1. The van der Waals surface area contributed by atoms with Gasteiger partial charge in [0.1, 0.15) is 0 Å². The van der Waals surface area contributed by atoms with Crippen molar-refractivity contribution in [2.75, 3.05) is 13.7 Å². The summed E-state index contributed by atoms with van der Waals surface area (Å²) in [6, 6.07) is 3.35. The summed E-state index contributed by atoms with van der Waals surface area (Å²) in [4.78, 5) is 24.6. The maximum atomic E-state index is 12.4. The topological polar surface area (TPSA) is 73.9 Å². The number of amides is 1. The number of esters is 1. The molecule has 0 aliphatic heterocycles. The average molecular weight is 428 g/mol. The summed E-state index contributed by atoms with van der Waals surface area (Å²) < 4.78 is 16.9. The Hall–Kier alpha value is -1.76. The number of nitrogens with one attached hydrogen (secondary N) is 1. The highest BCUT2D eigenvalue weighted by atomic mass is 79.9. The van der Waals surface area contributed by atoms with Gasteiger partial charge in [0, 0.05) is 6.04 Å². The van der Waals surface area contributed by atoms with Gasteiger partial charge in [0.05, 0.1) is 23.8 Å². The van der Waals surface area contributed by atoms with Crippen molar-refractivity contribution in [3.05, 3.63) is 22.2 Å². The first-order valence-corrected chi connectivity index (χ1v) is 9.77. The Labute approximate surface area is 162 Å². The molecule has 1 N–H and O–H groups in total. The van der Waals surface area contributed by atoms with Crippen LogP contribution in [-0.4, -0.2) is 37.7 Å². The SMILES string of the molecule is CCCOc1c(Br)cc(C(=O)OC(C)C(=O)NC2CCCC2)cc1OC. The maximum absolute atomic E-state index is 12.4. The van der Waals surface area contributed by atoms with Gasteiger partial charge in [-0.05, 0) is 54.2 Å². The second kappa shape index (κ2) is 9.80. The van der Waals surface area contributed by atoms with Crippen molar-refractivity contribution in [1.82, 2.24) is 5.32 Å². The molecule has 1 amide bonds. The third kappa shape index (κ3) is 5.37. The van der Waals surface area contributed by atoms with E-state index in [9.17, 15) is 9.59 Å². The van der Waals surface area contributed by atoms with Crippen LogP contribution in [0, 0.1) is 0 Å². The molecule has 1 saturated carbocycles. The molecule has 1 aromatic rings. The highest BCUT2D eigenvalue weighted by Gasteiger charge is 2.24. The largest absolute Gasteiger partial charge is 0.493 e. The normalized spacial score (nSPS) is 15.4. The van der Waals surface area contributed by atoms with Crippen LogP contribution in [0.1, 0.15) is 56.3 Å². The Kier molecular flexibility index (Phi) is 7.75. The fourth-order valence-electron chi connectivity index (χ4n) is 2.85. The van der Waals surface area contributed by atoms with Gasteiger partial charge in [0.25, 0.3) is 5.91 Å². The van der Waals surface area contributed by atoms with Crippen LogP contribution >= 0.6 is 15.9 Å². The van der Waals surface area contributed by atoms with Crippen molar-refractivity contribution in [1.29, 1.82) is 0 Å². The molecule has 0 bridgehead atoms. The molecule has 1 aromatic carbocycles. The van der Waals surface area contributed by atoms with E-state index < -0.39 is 12.1 Å². The van der Waals surface area contributed by atoms with Gasteiger partial charge in [-0.1, -0.05) is 19.8 Å². The van der Waals surface area contributed by atoms with Gasteiger partial charge in [-0.25, -0.2) is 4.79 Å². The second-order valence-electron chi connectivity index (χ2n) is 6.38. The minimum Gasteiger partial charge on any atom is -0.493 e. The summed E-state index contributed by atoms with van der Waals surface area (Å²) in [5, 5.41) is 2.93. The molecule has 1 aliphatic carbocycles.